The summed E-state index contributed by atoms with van der Waals surface area (Å²) in [7, 11) is -3.53. The molecule has 2 heterocycles. The van der Waals surface area contributed by atoms with E-state index in [9.17, 15) is 13.2 Å². The molecule has 9 nitrogen and oxygen atoms in total. The van der Waals surface area contributed by atoms with Crippen molar-refractivity contribution < 1.29 is 13.2 Å². The Morgan fingerprint density at radius 2 is 1.63 bits per heavy atom. The lowest BCUT2D eigenvalue weighted by atomic mass is 10.3. The van der Waals surface area contributed by atoms with Crippen molar-refractivity contribution in [3.8, 4) is 0 Å². The van der Waals surface area contributed by atoms with Gasteiger partial charge in [0.2, 0.25) is 15.9 Å². The lowest BCUT2D eigenvalue weighted by Gasteiger charge is -2.34. The third-order valence-corrected chi connectivity index (χ3v) is 6.79. The van der Waals surface area contributed by atoms with Crippen LogP contribution in [0.3, 0.4) is 0 Å². The summed E-state index contributed by atoms with van der Waals surface area (Å²) in [6, 6.07) is 9.73. The Balaban J connectivity index is 1.55. The highest BCUT2D eigenvalue weighted by Crippen LogP contribution is 2.19. The van der Waals surface area contributed by atoms with Crippen LogP contribution in [0.1, 0.15) is 0 Å². The zero-order valence-corrected chi connectivity index (χ0v) is 16.1. The van der Waals surface area contributed by atoms with Crippen LogP contribution in [0.5, 0.6) is 0 Å². The van der Waals surface area contributed by atoms with Crippen LogP contribution in [-0.4, -0.2) is 65.4 Å². The van der Waals surface area contributed by atoms with Gasteiger partial charge >= 0.3 is 0 Å². The molecule has 0 saturated carbocycles. The van der Waals surface area contributed by atoms with Gasteiger partial charge in [-0.3, -0.25) is 4.79 Å². The Hall–Kier alpha value is -2.37. The first-order valence-corrected chi connectivity index (χ1v) is 10.6. The molecule has 0 unspecified atom stereocenters. The van der Waals surface area contributed by atoms with Gasteiger partial charge in [-0.1, -0.05) is 30.0 Å². The Morgan fingerprint density at radius 1 is 1.04 bits per heavy atom. The average Bonchev–Trinajstić information content (AvgIpc) is 2.66. The third-order valence-electron chi connectivity index (χ3n) is 4.04. The first kappa shape index (κ1) is 19.4. The van der Waals surface area contributed by atoms with Crippen LogP contribution < -0.4 is 11.5 Å². The molecule has 0 atom stereocenters. The highest BCUT2D eigenvalue weighted by atomic mass is 32.2. The van der Waals surface area contributed by atoms with E-state index in [-0.39, 0.29) is 41.3 Å². The fraction of sp³-hybridized carbons (Fsp3) is 0.312. The second-order valence-corrected chi connectivity index (χ2v) is 8.77. The molecule has 0 spiro atoms. The predicted octanol–water partition coefficient (Wildman–Crippen LogP) is 0.266. The molecule has 1 amide bonds. The van der Waals surface area contributed by atoms with Gasteiger partial charge in [0.05, 0.1) is 10.6 Å². The Bertz CT molecular complexity index is 895. The first-order chi connectivity index (χ1) is 12.9. The molecule has 1 aliphatic heterocycles. The van der Waals surface area contributed by atoms with E-state index in [4.69, 9.17) is 11.5 Å². The minimum absolute atomic E-state index is 0.110. The minimum atomic E-state index is -3.53. The molecule has 1 aromatic heterocycles. The van der Waals surface area contributed by atoms with Gasteiger partial charge in [0, 0.05) is 32.2 Å². The number of rotatable bonds is 5. The topological polar surface area (TPSA) is 136 Å². The second kappa shape index (κ2) is 8.11. The third kappa shape index (κ3) is 4.67. The van der Waals surface area contributed by atoms with Gasteiger partial charge in [-0.25, -0.2) is 18.4 Å². The molecule has 1 fully saturated rings. The van der Waals surface area contributed by atoms with Crippen LogP contribution in [0.4, 0.5) is 11.6 Å². The maximum Gasteiger partial charge on any atom is 0.243 e. The number of carbonyl (C=O) groups is 1. The summed E-state index contributed by atoms with van der Waals surface area (Å²) in [5, 5.41) is 0.339. The zero-order chi connectivity index (χ0) is 19.4. The van der Waals surface area contributed by atoms with Crippen molar-refractivity contribution in [2.75, 3.05) is 43.4 Å². The van der Waals surface area contributed by atoms with Gasteiger partial charge in [-0.15, -0.1) is 0 Å². The van der Waals surface area contributed by atoms with Gasteiger partial charge in [-0.05, 0) is 12.1 Å². The summed E-state index contributed by atoms with van der Waals surface area (Å²) in [5.41, 5.74) is 11.2. The number of thioether (sulfide) groups is 1. The Kier molecular flexibility index (Phi) is 5.82. The molecule has 0 aliphatic carbocycles. The predicted molar refractivity (Wildman–Crippen MR) is 103 cm³/mol. The molecule has 0 radical (unpaired) electrons. The molecule has 144 valence electrons. The van der Waals surface area contributed by atoms with E-state index in [1.807, 2.05) is 0 Å². The summed E-state index contributed by atoms with van der Waals surface area (Å²) in [6.45, 7) is 1.20. The zero-order valence-electron chi connectivity index (χ0n) is 14.5. The SMILES string of the molecule is Nc1cc(N)nc(SCC(=O)N2CCN(S(=O)(=O)c3ccccc3)CC2)n1. The van der Waals surface area contributed by atoms with Crippen molar-refractivity contribution in [2.45, 2.75) is 10.1 Å². The number of nitrogens with two attached hydrogens (primary N) is 2. The van der Waals surface area contributed by atoms with Crippen molar-refractivity contribution in [2.24, 2.45) is 0 Å². The number of carbonyl (C=O) groups excluding carboxylic acids is 1. The number of anilines is 2. The molecule has 2 aromatic rings. The Labute approximate surface area is 161 Å². The molecule has 0 bridgehead atoms. The van der Waals surface area contributed by atoms with E-state index in [1.54, 1.807) is 35.2 Å². The quantitative estimate of drug-likeness (QED) is 0.531. The van der Waals surface area contributed by atoms with Crippen LogP contribution in [0.2, 0.25) is 0 Å². The fourth-order valence-electron chi connectivity index (χ4n) is 2.66. The van der Waals surface area contributed by atoms with Crippen LogP contribution in [0.25, 0.3) is 0 Å². The number of aromatic nitrogens is 2. The monoisotopic (exact) mass is 408 g/mol. The van der Waals surface area contributed by atoms with Crippen LogP contribution in [0, 0.1) is 0 Å². The lowest BCUT2D eigenvalue weighted by molar-refractivity contribution is -0.129. The van der Waals surface area contributed by atoms with Gasteiger partial charge in [-0.2, -0.15) is 4.31 Å². The molecular formula is C16H20N6O3S2. The number of piperazine rings is 1. The molecule has 1 saturated heterocycles. The normalized spacial score (nSPS) is 15.6. The maximum absolute atomic E-state index is 12.6. The number of hydrogen-bond donors (Lipinski definition) is 2. The fourth-order valence-corrected chi connectivity index (χ4v) is 4.88. The van der Waals surface area contributed by atoms with Crippen LogP contribution >= 0.6 is 11.8 Å². The van der Waals surface area contributed by atoms with E-state index in [0.29, 0.717) is 18.2 Å². The van der Waals surface area contributed by atoms with Crippen LogP contribution in [-0.2, 0) is 14.8 Å². The van der Waals surface area contributed by atoms with E-state index >= 15 is 0 Å². The van der Waals surface area contributed by atoms with Crippen molar-refractivity contribution in [3.05, 3.63) is 36.4 Å². The van der Waals surface area contributed by atoms with Gasteiger partial charge in [0.15, 0.2) is 5.16 Å². The van der Waals surface area contributed by atoms with E-state index in [1.165, 1.54) is 10.4 Å². The minimum Gasteiger partial charge on any atom is -0.383 e. The average molecular weight is 409 g/mol. The highest BCUT2D eigenvalue weighted by Gasteiger charge is 2.29. The summed E-state index contributed by atoms with van der Waals surface area (Å²) in [5.74, 6) is 0.518. The molecule has 3 rings (SSSR count). The number of benzene rings is 1. The van der Waals surface area contributed by atoms with Crippen molar-refractivity contribution >= 4 is 39.3 Å². The smallest absolute Gasteiger partial charge is 0.243 e. The standard InChI is InChI=1S/C16H20N6O3S2/c17-13-10-14(18)20-16(19-13)26-11-15(23)21-6-8-22(9-7-21)27(24,25)12-4-2-1-3-5-12/h1-5,10H,6-9,11H2,(H4,17,18,19,20). The maximum atomic E-state index is 12.6. The molecular weight excluding hydrogens is 388 g/mol. The molecule has 1 aromatic carbocycles. The van der Waals surface area contributed by atoms with Crippen molar-refractivity contribution in [1.29, 1.82) is 0 Å². The van der Waals surface area contributed by atoms with Crippen LogP contribution in [0.15, 0.2) is 46.5 Å². The summed E-state index contributed by atoms with van der Waals surface area (Å²) in [6.07, 6.45) is 0. The summed E-state index contributed by atoms with van der Waals surface area (Å²) in [4.78, 5) is 22.3. The molecule has 11 heteroatoms. The number of nitrogens with zero attached hydrogens (tertiary/aromatic N) is 4. The van der Waals surface area contributed by atoms with E-state index in [0.717, 1.165) is 11.8 Å². The second-order valence-electron chi connectivity index (χ2n) is 5.89. The van der Waals surface area contributed by atoms with Gasteiger partial charge in [0.1, 0.15) is 11.6 Å². The molecule has 4 N–H and O–H groups in total. The highest BCUT2D eigenvalue weighted by molar-refractivity contribution is 7.99. The van der Waals surface area contributed by atoms with Gasteiger partial charge in [0.25, 0.3) is 0 Å². The number of hydrogen-bond acceptors (Lipinski definition) is 8. The summed E-state index contributed by atoms with van der Waals surface area (Å²) >= 11 is 1.15. The molecule has 27 heavy (non-hydrogen) atoms. The van der Waals surface area contributed by atoms with Gasteiger partial charge < -0.3 is 16.4 Å². The van der Waals surface area contributed by atoms with E-state index < -0.39 is 10.0 Å². The largest absolute Gasteiger partial charge is 0.383 e. The number of nitrogen functional groups attached to an aromatic ring is 2. The van der Waals surface area contributed by atoms with Crippen molar-refractivity contribution in [1.82, 2.24) is 19.2 Å². The molecule has 1 aliphatic rings. The van der Waals surface area contributed by atoms with E-state index in [2.05, 4.69) is 9.97 Å². The lowest BCUT2D eigenvalue weighted by Crippen LogP contribution is -2.50. The number of amides is 1. The number of sulfonamides is 1. The summed E-state index contributed by atoms with van der Waals surface area (Å²) < 4.78 is 26.6. The van der Waals surface area contributed by atoms with Crippen molar-refractivity contribution in [3.63, 3.8) is 0 Å². The first-order valence-electron chi connectivity index (χ1n) is 8.22. The Morgan fingerprint density at radius 3 is 2.22 bits per heavy atom.